The first kappa shape index (κ1) is 22.7. The summed E-state index contributed by atoms with van der Waals surface area (Å²) in [6.45, 7) is 9.94. The average molecular weight is 423 g/mol. The van der Waals surface area contributed by atoms with Crippen LogP contribution in [0.5, 0.6) is 0 Å². The van der Waals surface area contributed by atoms with Crippen LogP contribution in [0.4, 0.5) is 0 Å². The maximum absolute atomic E-state index is 13.8. The minimum atomic E-state index is -1.17. The first-order valence-corrected chi connectivity index (χ1v) is 11.0. The standard InChI is InChI=1S/C22H34N2O6/c1-5-8-12-23(11-6-2)19(27)17-22-10-9-21(4,30-22)16(20(28)29)15(22)18(26)24(17)14(7-3)13-25/h6,14-17,25H,2,5,7-13H2,1,3-4H3,(H,28,29)/t14-,15-,16-,17?,21+,22?/m0/s1. The van der Waals surface area contributed by atoms with Gasteiger partial charge in [0.15, 0.2) is 0 Å². The summed E-state index contributed by atoms with van der Waals surface area (Å²) in [7, 11) is 0. The quantitative estimate of drug-likeness (QED) is 0.516. The van der Waals surface area contributed by atoms with Crippen molar-refractivity contribution in [2.24, 2.45) is 11.8 Å². The van der Waals surface area contributed by atoms with E-state index in [2.05, 4.69) is 6.58 Å². The molecule has 3 rings (SSSR count). The Morgan fingerprint density at radius 2 is 2.10 bits per heavy atom. The maximum Gasteiger partial charge on any atom is 0.310 e. The Labute approximate surface area is 177 Å². The Bertz CT molecular complexity index is 722. The fraction of sp³-hybridized carbons (Fsp3) is 0.773. The zero-order valence-electron chi connectivity index (χ0n) is 18.2. The van der Waals surface area contributed by atoms with Crippen LogP contribution in [0, 0.1) is 11.8 Å². The van der Waals surface area contributed by atoms with E-state index in [1.54, 1.807) is 17.9 Å². The van der Waals surface area contributed by atoms with Crippen molar-refractivity contribution < 1.29 is 29.3 Å². The number of fused-ring (bicyclic) bond motifs is 1. The minimum Gasteiger partial charge on any atom is -0.481 e. The van der Waals surface area contributed by atoms with Crippen LogP contribution in [0.15, 0.2) is 12.7 Å². The fourth-order valence-electron chi connectivity index (χ4n) is 5.80. The van der Waals surface area contributed by atoms with Gasteiger partial charge in [-0.25, -0.2) is 0 Å². The molecule has 3 saturated heterocycles. The molecule has 1 spiro atoms. The number of carboxylic acids is 1. The SMILES string of the molecule is C=CCN(CCCC)C(=O)C1N([C@@H](CC)CO)C(=O)[C@@H]2[C@@H](C(=O)O)[C@@]3(C)CCC12O3. The van der Waals surface area contributed by atoms with Crippen molar-refractivity contribution >= 4 is 17.8 Å². The molecule has 6 atom stereocenters. The molecular weight excluding hydrogens is 388 g/mol. The second-order valence-corrected chi connectivity index (χ2v) is 8.98. The van der Waals surface area contributed by atoms with Crippen molar-refractivity contribution in [2.45, 2.75) is 76.2 Å². The molecule has 8 heteroatoms. The molecule has 2 unspecified atom stereocenters. The lowest BCUT2D eigenvalue weighted by molar-refractivity contribution is -0.158. The van der Waals surface area contributed by atoms with E-state index in [1.165, 1.54) is 4.90 Å². The van der Waals surface area contributed by atoms with E-state index in [9.17, 15) is 24.6 Å². The molecule has 3 heterocycles. The summed E-state index contributed by atoms with van der Waals surface area (Å²) in [5.74, 6) is -3.63. The van der Waals surface area contributed by atoms with Gasteiger partial charge in [-0.3, -0.25) is 14.4 Å². The van der Waals surface area contributed by atoms with Gasteiger partial charge in [0.25, 0.3) is 0 Å². The highest BCUT2D eigenvalue weighted by Gasteiger charge is 2.78. The number of rotatable bonds is 10. The van der Waals surface area contributed by atoms with Crippen LogP contribution in [0.2, 0.25) is 0 Å². The van der Waals surface area contributed by atoms with E-state index in [0.717, 1.165) is 12.8 Å². The number of aliphatic hydroxyl groups excluding tert-OH is 1. The van der Waals surface area contributed by atoms with Crippen LogP contribution in [-0.2, 0) is 19.1 Å². The zero-order chi connectivity index (χ0) is 22.3. The second kappa shape index (κ2) is 8.30. The topological polar surface area (TPSA) is 107 Å². The zero-order valence-corrected chi connectivity index (χ0v) is 18.2. The lowest BCUT2D eigenvalue weighted by Crippen LogP contribution is -2.58. The number of likely N-dealkylation sites (tertiary alicyclic amines) is 1. The molecule has 30 heavy (non-hydrogen) atoms. The highest BCUT2D eigenvalue weighted by molar-refractivity contribution is 5.98. The van der Waals surface area contributed by atoms with Gasteiger partial charge in [-0.2, -0.15) is 0 Å². The number of unbranched alkanes of at least 4 members (excludes halogenated alkanes) is 1. The van der Waals surface area contributed by atoms with Gasteiger partial charge >= 0.3 is 5.97 Å². The van der Waals surface area contributed by atoms with Crippen LogP contribution < -0.4 is 0 Å². The fourth-order valence-corrected chi connectivity index (χ4v) is 5.80. The van der Waals surface area contributed by atoms with Gasteiger partial charge in [-0.1, -0.05) is 26.3 Å². The van der Waals surface area contributed by atoms with E-state index in [4.69, 9.17) is 4.74 Å². The van der Waals surface area contributed by atoms with Crippen LogP contribution in [-0.4, -0.2) is 80.8 Å². The summed E-state index contributed by atoms with van der Waals surface area (Å²) in [5.41, 5.74) is -2.13. The van der Waals surface area contributed by atoms with E-state index < -0.39 is 41.1 Å². The van der Waals surface area contributed by atoms with Crippen molar-refractivity contribution in [2.75, 3.05) is 19.7 Å². The van der Waals surface area contributed by atoms with Crippen molar-refractivity contribution in [3.05, 3.63) is 12.7 Å². The van der Waals surface area contributed by atoms with Gasteiger partial charge in [0, 0.05) is 13.1 Å². The molecule has 2 amide bonds. The highest BCUT2D eigenvalue weighted by Crippen LogP contribution is 2.63. The number of amides is 2. The van der Waals surface area contributed by atoms with Crippen LogP contribution in [0.25, 0.3) is 0 Å². The number of hydrogen-bond acceptors (Lipinski definition) is 5. The van der Waals surface area contributed by atoms with Gasteiger partial charge in [0.05, 0.1) is 30.1 Å². The summed E-state index contributed by atoms with van der Waals surface area (Å²) >= 11 is 0. The summed E-state index contributed by atoms with van der Waals surface area (Å²) in [6.07, 6.45) is 4.77. The van der Waals surface area contributed by atoms with Crippen molar-refractivity contribution in [3.63, 3.8) is 0 Å². The van der Waals surface area contributed by atoms with E-state index in [0.29, 0.717) is 32.4 Å². The predicted molar refractivity (Wildman–Crippen MR) is 110 cm³/mol. The molecule has 0 aliphatic carbocycles. The molecule has 0 radical (unpaired) electrons. The first-order chi connectivity index (χ1) is 14.2. The van der Waals surface area contributed by atoms with Gasteiger partial charge in [0.2, 0.25) is 11.8 Å². The highest BCUT2D eigenvalue weighted by atomic mass is 16.5. The number of aliphatic carboxylic acids is 1. The third-order valence-electron chi connectivity index (χ3n) is 7.23. The molecule has 3 aliphatic rings. The summed E-state index contributed by atoms with van der Waals surface area (Å²) < 4.78 is 6.35. The molecule has 168 valence electrons. The number of carbonyl (C=O) groups excluding carboxylic acids is 2. The van der Waals surface area contributed by atoms with Crippen molar-refractivity contribution in [1.82, 2.24) is 9.80 Å². The molecule has 2 N–H and O–H groups in total. The molecule has 8 nitrogen and oxygen atoms in total. The Hall–Kier alpha value is -1.93. The molecule has 0 aromatic rings. The van der Waals surface area contributed by atoms with Crippen molar-refractivity contribution in [1.29, 1.82) is 0 Å². The first-order valence-electron chi connectivity index (χ1n) is 11.0. The third kappa shape index (κ3) is 3.15. The molecule has 3 fully saturated rings. The van der Waals surface area contributed by atoms with Gasteiger partial charge < -0.3 is 24.7 Å². The van der Waals surface area contributed by atoms with Crippen LogP contribution in [0.1, 0.15) is 52.9 Å². The number of carboxylic acid groups (broad SMARTS) is 1. The summed E-state index contributed by atoms with van der Waals surface area (Å²) in [4.78, 5) is 42.7. The number of hydrogen-bond donors (Lipinski definition) is 2. The molecule has 0 aromatic carbocycles. The number of ether oxygens (including phenoxy) is 1. The smallest absolute Gasteiger partial charge is 0.310 e. The third-order valence-corrected chi connectivity index (χ3v) is 7.23. The van der Waals surface area contributed by atoms with Crippen molar-refractivity contribution in [3.8, 4) is 0 Å². The van der Waals surface area contributed by atoms with Crippen LogP contribution >= 0.6 is 0 Å². The number of carbonyl (C=O) groups is 3. The normalized spacial score (nSPS) is 35.4. The number of nitrogens with zero attached hydrogens (tertiary/aromatic N) is 2. The minimum absolute atomic E-state index is 0.249. The molecule has 0 aromatic heterocycles. The van der Waals surface area contributed by atoms with E-state index in [-0.39, 0.29) is 18.4 Å². The Balaban J connectivity index is 2.09. The molecule has 3 aliphatic heterocycles. The van der Waals surface area contributed by atoms with Gasteiger partial charge in [0.1, 0.15) is 11.6 Å². The average Bonchev–Trinajstić information content (AvgIpc) is 3.27. The Kier molecular flexibility index (Phi) is 6.30. The lowest BCUT2D eigenvalue weighted by atomic mass is 9.66. The lowest BCUT2D eigenvalue weighted by Gasteiger charge is -2.39. The van der Waals surface area contributed by atoms with Gasteiger partial charge in [-0.05, 0) is 32.6 Å². The predicted octanol–water partition coefficient (Wildman–Crippen LogP) is 1.42. The van der Waals surface area contributed by atoms with E-state index in [1.807, 2.05) is 13.8 Å². The Morgan fingerprint density at radius 3 is 2.63 bits per heavy atom. The second-order valence-electron chi connectivity index (χ2n) is 8.98. The maximum atomic E-state index is 13.8. The molecule has 0 saturated carbocycles. The largest absolute Gasteiger partial charge is 0.481 e. The summed E-state index contributed by atoms with van der Waals surface area (Å²) in [6, 6.07) is -1.50. The van der Waals surface area contributed by atoms with Gasteiger partial charge in [-0.15, -0.1) is 6.58 Å². The number of aliphatic hydroxyl groups is 1. The summed E-state index contributed by atoms with van der Waals surface area (Å²) in [5, 5.41) is 19.9. The molecular formula is C22H34N2O6. The van der Waals surface area contributed by atoms with Crippen LogP contribution in [0.3, 0.4) is 0 Å². The van der Waals surface area contributed by atoms with E-state index >= 15 is 0 Å². The Morgan fingerprint density at radius 1 is 1.40 bits per heavy atom. The monoisotopic (exact) mass is 422 g/mol. The molecule has 2 bridgehead atoms.